The van der Waals surface area contributed by atoms with E-state index in [-0.39, 0.29) is 11.3 Å². The summed E-state index contributed by atoms with van der Waals surface area (Å²) in [7, 11) is 5.13. The summed E-state index contributed by atoms with van der Waals surface area (Å²) < 4.78 is 7.26. The molecule has 0 saturated heterocycles. The minimum Gasteiger partial charge on any atom is -0.497 e. The molecule has 1 aromatic heterocycles. The number of benzene rings is 1. The van der Waals surface area contributed by atoms with Crippen LogP contribution in [0.25, 0.3) is 11.0 Å². The van der Waals surface area contributed by atoms with Gasteiger partial charge in [-0.05, 0) is 19.1 Å². The van der Waals surface area contributed by atoms with E-state index in [2.05, 4.69) is 4.98 Å². The second-order valence-corrected chi connectivity index (χ2v) is 5.79. The Bertz CT molecular complexity index is 650. The van der Waals surface area contributed by atoms with Gasteiger partial charge in [0.1, 0.15) is 11.6 Å². The van der Waals surface area contributed by atoms with Crippen molar-refractivity contribution in [2.24, 2.45) is 0 Å². The van der Waals surface area contributed by atoms with Crippen LogP contribution in [0.5, 0.6) is 5.75 Å². The van der Waals surface area contributed by atoms with Crippen molar-refractivity contribution < 1.29 is 9.53 Å². The highest BCUT2D eigenvalue weighted by molar-refractivity contribution is 6.20. The second kappa shape index (κ2) is 6.35. The normalized spacial score (nSPS) is 12.4. The van der Waals surface area contributed by atoms with Gasteiger partial charge >= 0.3 is 0 Å². The van der Waals surface area contributed by atoms with Crippen LogP contribution >= 0.6 is 11.6 Å². The lowest BCUT2D eigenvalue weighted by Crippen LogP contribution is -2.23. The molecule has 1 atom stereocenters. The van der Waals surface area contributed by atoms with Crippen LogP contribution in [-0.2, 0) is 11.3 Å². The van der Waals surface area contributed by atoms with E-state index in [1.54, 1.807) is 26.1 Å². The topological polar surface area (TPSA) is 47.4 Å². The van der Waals surface area contributed by atoms with Gasteiger partial charge in [0.05, 0.1) is 23.5 Å². The average Bonchev–Trinajstić information content (AvgIpc) is 2.82. The Hall–Kier alpha value is -1.75. The van der Waals surface area contributed by atoms with Crippen LogP contribution in [0.4, 0.5) is 0 Å². The van der Waals surface area contributed by atoms with Crippen LogP contribution < -0.4 is 4.74 Å². The number of aryl methyl sites for hydroxylation is 1. The van der Waals surface area contributed by atoms with Gasteiger partial charge in [0.2, 0.25) is 5.91 Å². The van der Waals surface area contributed by atoms with E-state index in [1.807, 2.05) is 29.7 Å². The van der Waals surface area contributed by atoms with Crippen molar-refractivity contribution in [1.82, 2.24) is 14.5 Å². The SMILES string of the molecule is COc1ccc2nc(C(C)Cl)n(CCC(=O)N(C)C)c2c1. The van der Waals surface area contributed by atoms with Crippen molar-refractivity contribution in [3.63, 3.8) is 0 Å². The lowest BCUT2D eigenvalue weighted by molar-refractivity contribution is -0.128. The van der Waals surface area contributed by atoms with Gasteiger partial charge < -0.3 is 14.2 Å². The Morgan fingerprint density at radius 1 is 1.48 bits per heavy atom. The highest BCUT2D eigenvalue weighted by atomic mass is 35.5. The van der Waals surface area contributed by atoms with E-state index in [9.17, 15) is 4.79 Å². The minimum atomic E-state index is -0.224. The summed E-state index contributed by atoms with van der Waals surface area (Å²) in [5.74, 6) is 1.61. The zero-order chi connectivity index (χ0) is 15.6. The Morgan fingerprint density at radius 2 is 2.19 bits per heavy atom. The molecule has 0 spiro atoms. The number of fused-ring (bicyclic) bond motifs is 1. The van der Waals surface area contributed by atoms with Crippen LogP contribution in [0.15, 0.2) is 18.2 Å². The molecule has 0 radical (unpaired) electrons. The zero-order valence-electron chi connectivity index (χ0n) is 12.8. The molecule has 2 rings (SSSR count). The number of hydrogen-bond acceptors (Lipinski definition) is 3. The Balaban J connectivity index is 2.42. The number of rotatable bonds is 5. The number of hydrogen-bond donors (Lipinski definition) is 0. The number of carbonyl (C=O) groups excluding carboxylic acids is 1. The number of amides is 1. The minimum absolute atomic E-state index is 0.0768. The van der Waals surface area contributed by atoms with Gasteiger partial charge in [-0.2, -0.15) is 0 Å². The number of halogens is 1. The molecule has 6 heteroatoms. The number of imidazole rings is 1. The lowest BCUT2D eigenvalue weighted by Gasteiger charge is -2.13. The fraction of sp³-hybridized carbons (Fsp3) is 0.467. The molecule has 0 aliphatic heterocycles. The quantitative estimate of drug-likeness (QED) is 0.798. The summed E-state index contributed by atoms with van der Waals surface area (Å²) in [6.45, 7) is 2.43. The highest BCUT2D eigenvalue weighted by Crippen LogP contribution is 2.27. The number of aromatic nitrogens is 2. The summed E-state index contributed by atoms with van der Waals surface area (Å²) in [6, 6.07) is 5.69. The van der Waals surface area contributed by atoms with Gasteiger partial charge in [-0.25, -0.2) is 4.98 Å². The number of nitrogens with zero attached hydrogens (tertiary/aromatic N) is 3. The zero-order valence-corrected chi connectivity index (χ0v) is 13.5. The van der Waals surface area contributed by atoms with Crippen LogP contribution in [0, 0.1) is 0 Å². The lowest BCUT2D eigenvalue weighted by atomic mass is 10.3. The van der Waals surface area contributed by atoms with Gasteiger partial charge in [0.25, 0.3) is 0 Å². The van der Waals surface area contributed by atoms with Crippen LogP contribution in [-0.4, -0.2) is 41.6 Å². The van der Waals surface area contributed by atoms with Crippen molar-refractivity contribution in [3.05, 3.63) is 24.0 Å². The molecule has 1 unspecified atom stereocenters. The first-order valence-corrected chi connectivity index (χ1v) is 7.26. The van der Waals surface area contributed by atoms with Crippen LogP contribution in [0.1, 0.15) is 24.5 Å². The molecular formula is C15H20ClN3O2. The van der Waals surface area contributed by atoms with Crippen molar-refractivity contribution in [3.8, 4) is 5.75 Å². The average molecular weight is 310 g/mol. The molecule has 21 heavy (non-hydrogen) atoms. The van der Waals surface area contributed by atoms with Gasteiger partial charge in [0.15, 0.2) is 0 Å². The van der Waals surface area contributed by atoms with E-state index in [4.69, 9.17) is 16.3 Å². The predicted octanol–water partition coefficient (Wildman–Crippen LogP) is 2.82. The largest absolute Gasteiger partial charge is 0.497 e. The fourth-order valence-electron chi connectivity index (χ4n) is 2.22. The summed E-state index contributed by atoms with van der Waals surface area (Å²) in [4.78, 5) is 18.0. The molecule has 0 fully saturated rings. The second-order valence-electron chi connectivity index (χ2n) is 5.13. The molecule has 0 aliphatic carbocycles. The van der Waals surface area contributed by atoms with E-state index in [1.165, 1.54) is 0 Å². The molecule has 0 N–H and O–H groups in total. The van der Waals surface area contributed by atoms with E-state index >= 15 is 0 Å². The maximum Gasteiger partial charge on any atom is 0.223 e. The van der Waals surface area contributed by atoms with Crippen molar-refractivity contribution >= 4 is 28.5 Å². The third kappa shape index (κ3) is 3.29. The summed E-state index contributed by atoms with van der Waals surface area (Å²) in [5, 5.41) is -0.224. The molecule has 0 aliphatic rings. The standard InChI is InChI=1S/C15H20ClN3O2/c1-10(16)15-17-12-6-5-11(21-4)9-13(12)19(15)8-7-14(20)18(2)3/h5-6,9-10H,7-8H2,1-4H3. The third-order valence-electron chi connectivity index (χ3n) is 3.39. The monoisotopic (exact) mass is 309 g/mol. The van der Waals surface area contributed by atoms with Crippen LogP contribution in [0.3, 0.4) is 0 Å². The molecule has 0 bridgehead atoms. The molecule has 1 heterocycles. The molecule has 1 aromatic carbocycles. The maximum absolute atomic E-state index is 11.8. The molecular weight excluding hydrogens is 290 g/mol. The first-order chi connectivity index (χ1) is 9.93. The Kier molecular flexibility index (Phi) is 4.73. The van der Waals surface area contributed by atoms with Gasteiger partial charge in [-0.3, -0.25) is 4.79 Å². The maximum atomic E-state index is 11.8. The predicted molar refractivity (Wildman–Crippen MR) is 83.9 cm³/mol. The molecule has 0 saturated carbocycles. The Morgan fingerprint density at radius 3 is 2.76 bits per heavy atom. The molecule has 114 valence electrons. The van der Waals surface area contributed by atoms with Gasteiger partial charge in [-0.15, -0.1) is 11.6 Å². The molecule has 5 nitrogen and oxygen atoms in total. The van der Waals surface area contributed by atoms with Crippen molar-refractivity contribution in [1.29, 1.82) is 0 Å². The summed E-state index contributed by atoms with van der Waals surface area (Å²) in [5.41, 5.74) is 1.79. The van der Waals surface area contributed by atoms with Crippen molar-refractivity contribution in [2.45, 2.75) is 25.3 Å². The molecule has 2 aromatic rings. The summed E-state index contributed by atoms with van der Waals surface area (Å²) in [6.07, 6.45) is 0.409. The fourth-order valence-corrected chi connectivity index (χ4v) is 2.38. The first kappa shape index (κ1) is 15.6. The van der Waals surface area contributed by atoms with E-state index in [0.29, 0.717) is 13.0 Å². The first-order valence-electron chi connectivity index (χ1n) is 6.82. The number of carbonyl (C=O) groups is 1. The molecule has 1 amide bonds. The highest BCUT2D eigenvalue weighted by Gasteiger charge is 2.16. The number of ether oxygens (including phenoxy) is 1. The number of methoxy groups -OCH3 is 1. The number of alkyl halides is 1. The smallest absolute Gasteiger partial charge is 0.223 e. The van der Waals surface area contributed by atoms with E-state index < -0.39 is 0 Å². The van der Waals surface area contributed by atoms with E-state index in [0.717, 1.165) is 22.6 Å². The van der Waals surface area contributed by atoms with Gasteiger partial charge in [0, 0.05) is 33.1 Å². The van der Waals surface area contributed by atoms with Crippen LogP contribution in [0.2, 0.25) is 0 Å². The Labute approximate surface area is 129 Å². The van der Waals surface area contributed by atoms with Crippen molar-refractivity contribution in [2.75, 3.05) is 21.2 Å². The third-order valence-corrected chi connectivity index (χ3v) is 3.58. The summed E-state index contributed by atoms with van der Waals surface area (Å²) >= 11 is 6.22. The van der Waals surface area contributed by atoms with Gasteiger partial charge in [-0.1, -0.05) is 0 Å².